The second-order valence-electron chi connectivity index (χ2n) is 5.77. The largest absolute Gasteiger partial charge is 0.351 e. The average Bonchev–Trinajstić information content (AvgIpc) is 3.31. The Balaban J connectivity index is 2.16. The lowest BCUT2D eigenvalue weighted by Crippen LogP contribution is -3.14. The SMILES string of the molecule is CCNC(=O)C[NH+](CC)[C@@H](C(=O)NC1CC1)c1ccccc1. The summed E-state index contributed by atoms with van der Waals surface area (Å²) in [5.74, 6) is 0.00866. The fraction of sp³-hybridized carbons (Fsp3) is 0.529. The molecule has 1 aliphatic carbocycles. The molecule has 5 nitrogen and oxygen atoms in total. The average molecular weight is 304 g/mol. The van der Waals surface area contributed by atoms with Gasteiger partial charge in [-0.3, -0.25) is 9.59 Å². The van der Waals surface area contributed by atoms with Crippen LogP contribution in [0.25, 0.3) is 0 Å². The molecule has 2 atom stereocenters. The number of amides is 2. The first-order chi connectivity index (χ1) is 10.7. The molecule has 0 radical (unpaired) electrons. The van der Waals surface area contributed by atoms with Gasteiger partial charge in [-0.25, -0.2) is 0 Å². The van der Waals surface area contributed by atoms with Crippen LogP contribution in [-0.2, 0) is 9.59 Å². The maximum Gasteiger partial charge on any atom is 0.283 e. The highest BCUT2D eigenvalue weighted by atomic mass is 16.2. The van der Waals surface area contributed by atoms with Crippen molar-refractivity contribution in [3.63, 3.8) is 0 Å². The molecule has 1 aliphatic rings. The zero-order chi connectivity index (χ0) is 15.9. The summed E-state index contributed by atoms with van der Waals surface area (Å²) in [4.78, 5) is 25.6. The topological polar surface area (TPSA) is 62.6 Å². The van der Waals surface area contributed by atoms with Crippen molar-refractivity contribution in [1.29, 1.82) is 0 Å². The Labute approximate surface area is 132 Å². The van der Waals surface area contributed by atoms with Gasteiger partial charge in [0.2, 0.25) is 0 Å². The number of carbonyl (C=O) groups excluding carboxylic acids is 2. The second-order valence-corrected chi connectivity index (χ2v) is 5.77. The predicted octanol–water partition coefficient (Wildman–Crippen LogP) is 0.0472. The van der Waals surface area contributed by atoms with Crippen molar-refractivity contribution in [2.45, 2.75) is 38.8 Å². The van der Waals surface area contributed by atoms with Crippen molar-refractivity contribution < 1.29 is 14.5 Å². The van der Waals surface area contributed by atoms with E-state index in [0.29, 0.717) is 19.1 Å². The summed E-state index contributed by atoms with van der Waals surface area (Å²) in [5.41, 5.74) is 0.960. The van der Waals surface area contributed by atoms with Crippen LogP contribution in [0.4, 0.5) is 0 Å². The van der Waals surface area contributed by atoms with Gasteiger partial charge in [0, 0.05) is 18.2 Å². The highest BCUT2D eigenvalue weighted by Crippen LogP contribution is 2.20. The lowest BCUT2D eigenvalue weighted by atomic mass is 10.0. The number of nitrogens with one attached hydrogen (secondary N) is 3. The Bertz CT molecular complexity index is 500. The summed E-state index contributed by atoms with van der Waals surface area (Å²) in [6.45, 7) is 5.55. The number of quaternary nitrogens is 1. The van der Waals surface area contributed by atoms with Gasteiger partial charge in [0.25, 0.3) is 11.8 Å². The van der Waals surface area contributed by atoms with Crippen LogP contribution in [0.2, 0.25) is 0 Å². The van der Waals surface area contributed by atoms with Gasteiger partial charge in [0.05, 0.1) is 6.54 Å². The Morgan fingerprint density at radius 1 is 1.23 bits per heavy atom. The molecule has 2 rings (SSSR count). The number of benzene rings is 1. The lowest BCUT2D eigenvalue weighted by molar-refractivity contribution is -0.912. The van der Waals surface area contributed by atoms with Gasteiger partial charge in [0.15, 0.2) is 12.6 Å². The summed E-state index contributed by atoms with van der Waals surface area (Å²) >= 11 is 0. The van der Waals surface area contributed by atoms with Crippen LogP contribution in [0.15, 0.2) is 30.3 Å². The normalized spacial score (nSPS) is 16.6. The molecule has 3 N–H and O–H groups in total. The highest BCUT2D eigenvalue weighted by molar-refractivity contribution is 5.83. The molecule has 0 aliphatic heterocycles. The van der Waals surface area contributed by atoms with Gasteiger partial charge < -0.3 is 15.5 Å². The summed E-state index contributed by atoms with van der Waals surface area (Å²) in [5, 5.41) is 5.90. The molecule has 0 saturated heterocycles. The maximum absolute atomic E-state index is 12.7. The van der Waals surface area contributed by atoms with E-state index in [1.54, 1.807) is 0 Å². The molecule has 1 fully saturated rings. The van der Waals surface area contributed by atoms with Gasteiger partial charge >= 0.3 is 0 Å². The zero-order valence-corrected chi connectivity index (χ0v) is 13.4. The Hall–Kier alpha value is -1.88. The van der Waals surface area contributed by atoms with Crippen LogP contribution in [-0.4, -0.2) is 37.5 Å². The molecule has 0 heterocycles. The summed E-state index contributed by atoms with van der Waals surface area (Å²) < 4.78 is 0. The van der Waals surface area contributed by atoms with E-state index in [1.807, 2.05) is 44.2 Å². The molecule has 1 aromatic rings. The van der Waals surface area contributed by atoms with Crippen LogP contribution < -0.4 is 15.5 Å². The highest BCUT2D eigenvalue weighted by Gasteiger charge is 2.35. The predicted molar refractivity (Wildman–Crippen MR) is 85.4 cm³/mol. The molecule has 0 spiro atoms. The molecule has 2 amide bonds. The number of carbonyl (C=O) groups is 2. The minimum atomic E-state index is -0.339. The van der Waals surface area contributed by atoms with Gasteiger partial charge in [-0.05, 0) is 26.7 Å². The first kappa shape index (κ1) is 16.5. The summed E-state index contributed by atoms with van der Waals surface area (Å²) in [6.07, 6.45) is 2.12. The molecule has 120 valence electrons. The standard InChI is InChI=1S/C17H25N3O2/c1-3-18-15(21)12-20(4-2)16(13-8-6-5-7-9-13)17(22)19-14-10-11-14/h5-9,14,16H,3-4,10-12H2,1-2H3,(H,18,21)(H,19,22)/p+1/t16-/m1/s1. The smallest absolute Gasteiger partial charge is 0.283 e. The number of hydrogen-bond acceptors (Lipinski definition) is 2. The van der Waals surface area contributed by atoms with E-state index >= 15 is 0 Å². The second kappa shape index (κ2) is 7.94. The molecule has 22 heavy (non-hydrogen) atoms. The fourth-order valence-corrected chi connectivity index (χ4v) is 2.63. The Morgan fingerprint density at radius 2 is 1.91 bits per heavy atom. The molecular formula is C17H26N3O2+. The van der Waals surface area contributed by atoms with E-state index in [4.69, 9.17) is 0 Å². The van der Waals surface area contributed by atoms with Crippen molar-refractivity contribution in [2.75, 3.05) is 19.6 Å². The molecule has 5 heteroatoms. The third-order valence-corrected chi connectivity index (χ3v) is 3.94. The van der Waals surface area contributed by atoms with Gasteiger partial charge in [0.1, 0.15) is 0 Å². The molecule has 1 saturated carbocycles. The lowest BCUT2D eigenvalue weighted by Gasteiger charge is -2.26. The van der Waals surface area contributed by atoms with Crippen LogP contribution >= 0.6 is 0 Å². The first-order valence-electron chi connectivity index (χ1n) is 8.12. The van der Waals surface area contributed by atoms with Gasteiger partial charge in [-0.1, -0.05) is 30.3 Å². The van der Waals surface area contributed by atoms with E-state index in [2.05, 4.69) is 10.6 Å². The van der Waals surface area contributed by atoms with Crippen molar-refractivity contribution in [3.8, 4) is 0 Å². The van der Waals surface area contributed by atoms with Crippen LogP contribution in [0.3, 0.4) is 0 Å². The third kappa shape index (κ3) is 4.56. The Morgan fingerprint density at radius 3 is 2.45 bits per heavy atom. The van der Waals surface area contributed by atoms with Crippen molar-refractivity contribution in [2.24, 2.45) is 0 Å². The third-order valence-electron chi connectivity index (χ3n) is 3.94. The molecule has 1 aromatic carbocycles. The van der Waals surface area contributed by atoms with Crippen LogP contribution in [0.1, 0.15) is 38.3 Å². The number of rotatable bonds is 8. The van der Waals surface area contributed by atoms with Crippen molar-refractivity contribution in [1.82, 2.24) is 10.6 Å². The van der Waals surface area contributed by atoms with Crippen LogP contribution in [0, 0.1) is 0 Å². The minimum absolute atomic E-state index is 0.0143. The summed E-state index contributed by atoms with van der Waals surface area (Å²) in [7, 11) is 0. The summed E-state index contributed by atoms with van der Waals surface area (Å²) in [6, 6.07) is 9.72. The monoisotopic (exact) mass is 304 g/mol. The maximum atomic E-state index is 12.7. The first-order valence-corrected chi connectivity index (χ1v) is 8.12. The molecule has 0 aromatic heterocycles. The Kier molecular flexibility index (Phi) is 5.95. The van der Waals surface area contributed by atoms with E-state index in [-0.39, 0.29) is 17.9 Å². The van der Waals surface area contributed by atoms with E-state index in [0.717, 1.165) is 29.8 Å². The van der Waals surface area contributed by atoms with E-state index in [9.17, 15) is 9.59 Å². The quantitative estimate of drug-likeness (QED) is 0.635. The molecular weight excluding hydrogens is 278 g/mol. The van der Waals surface area contributed by atoms with E-state index < -0.39 is 0 Å². The van der Waals surface area contributed by atoms with E-state index in [1.165, 1.54) is 0 Å². The minimum Gasteiger partial charge on any atom is -0.351 e. The fourth-order valence-electron chi connectivity index (χ4n) is 2.63. The molecule has 0 bridgehead atoms. The molecule has 1 unspecified atom stereocenters. The number of likely N-dealkylation sites (N-methyl/N-ethyl adjacent to an activating group) is 2. The number of hydrogen-bond donors (Lipinski definition) is 3. The van der Waals surface area contributed by atoms with Gasteiger partial charge in [-0.2, -0.15) is 0 Å². The zero-order valence-electron chi connectivity index (χ0n) is 13.4. The van der Waals surface area contributed by atoms with Gasteiger partial charge in [-0.15, -0.1) is 0 Å². The van der Waals surface area contributed by atoms with Crippen molar-refractivity contribution >= 4 is 11.8 Å². The van der Waals surface area contributed by atoms with Crippen LogP contribution in [0.5, 0.6) is 0 Å². The van der Waals surface area contributed by atoms with Crippen molar-refractivity contribution in [3.05, 3.63) is 35.9 Å².